The van der Waals surface area contributed by atoms with Crippen LogP contribution in [0.2, 0.25) is 0 Å². The van der Waals surface area contributed by atoms with Crippen LogP contribution in [0.25, 0.3) is 0 Å². The van der Waals surface area contributed by atoms with E-state index in [0.29, 0.717) is 47.9 Å². The Balaban J connectivity index is 1.13. The summed E-state index contributed by atoms with van der Waals surface area (Å²) in [5.41, 5.74) is 3.78. The van der Waals surface area contributed by atoms with Gasteiger partial charge in [-0.1, -0.05) is 60.7 Å². The molecule has 0 saturated heterocycles. The lowest BCUT2D eigenvalue weighted by Crippen LogP contribution is -2.51. The highest BCUT2D eigenvalue weighted by atomic mass is 32.2. The molecular formula is C33H31N3O6S. The van der Waals surface area contributed by atoms with E-state index in [9.17, 15) is 18.0 Å². The number of hydrogen-bond acceptors (Lipinski definition) is 6. The molecule has 2 amide bonds. The maximum atomic E-state index is 13.4. The zero-order chi connectivity index (χ0) is 30.0. The lowest BCUT2D eigenvalue weighted by atomic mass is 10.1. The molecular weight excluding hydrogens is 566 g/mol. The fourth-order valence-electron chi connectivity index (χ4n) is 5.35. The van der Waals surface area contributed by atoms with E-state index in [1.807, 2.05) is 54.6 Å². The lowest BCUT2D eigenvalue weighted by Gasteiger charge is -2.34. The van der Waals surface area contributed by atoms with Gasteiger partial charge in [0.2, 0.25) is 0 Å². The number of fused-ring (bicyclic) bond motifs is 2. The first-order chi connectivity index (χ1) is 20.8. The maximum absolute atomic E-state index is 13.4. The van der Waals surface area contributed by atoms with E-state index in [1.165, 1.54) is 15.3 Å². The minimum atomic E-state index is -3.76. The first kappa shape index (κ1) is 28.3. The lowest BCUT2D eigenvalue weighted by molar-refractivity contribution is -0.128. The first-order valence-corrected chi connectivity index (χ1v) is 15.5. The normalized spacial score (nSPS) is 15.7. The van der Waals surface area contributed by atoms with Crippen molar-refractivity contribution in [1.29, 1.82) is 0 Å². The second-order valence-corrected chi connectivity index (χ2v) is 12.3. The molecule has 0 unspecified atom stereocenters. The zero-order valence-corrected chi connectivity index (χ0v) is 24.4. The summed E-state index contributed by atoms with van der Waals surface area (Å²) < 4.78 is 40.1. The van der Waals surface area contributed by atoms with Crippen molar-refractivity contribution in [2.24, 2.45) is 0 Å². The highest BCUT2D eigenvalue weighted by Crippen LogP contribution is 2.35. The number of aryl methyl sites for hydroxylation is 1. The van der Waals surface area contributed by atoms with Gasteiger partial charge in [0, 0.05) is 13.1 Å². The zero-order valence-electron chi connectivity index (χ0n) is 23.6. The van der Waals surface area contributed by atoms with Crippen LogP contribution in [-0.2, 0) is 32.6 Å². The highest BCUT2D eigenvalue weighted by Gasteiger charge is 2.34. The maximum Gasteiger partial charge on any atom is 0.265 e. The van der Waals surface area contributed by atoms with Crippen molar-refractivity contribution in [2.45, 2.75) is 30.9 Å². The second-order valence-electron chi connectivity index (χ2n) is 10.5. The van der Waals surface area contributed by atoms with Crippen molar-refractivity contribution < 1.29 is 27.5 Å². The summed E-state index contributed by atoms with van der Waals surface area (Å²) in [7, 11) is -3.76. The third kappa shape index (κ3) is 5.78. The molecule has 2 heterocycles. The van der Waals surface area contributed by atoms with Gasteiger partial charge in [-0.2, -0.15) is 0 Å². The molecule has 1 atom stereocenters. The number of ether oxygens (including phenoxy) is 2. The molecule has 10 heteroatoms. The van der Waals surface area contributed by atoms with Gasteiger partial charge in [-0.15, -0.1) is 0 Å². The van der Waals surface area contributed by atoms with Crippen molar-refractivity contribution in [2.75, 3.05) is 28.9 Å². The van der Waals surface area contributed by atoms with Crippen LogP contribution in [0.3, 0.4) is 0 Å². The topological polar surface area (TPSA) is 105 Å². The molecule has 9 nitrogen and oxygen atoms in total. The summed E-state index contributed by atoms with van der Waals surface area (Å²) in [4.78, 5) is 28.1. The minimum absolute atomic E-state index is 0.0211. The van der Waals surface area contributed by atoms with Gasteiger partial charge in [0.25, 0.3) is 21.8 Å². The number of sulfonamides is 1. The Kier molecular flexibility index (Phi) is 7.77. The van der Waals surface area contributed by atoms with Crippen LogP contribution in [0.4, 0.5) is 11.4 Å². The predicted molar refractivity (Wildman–Crippen MR) is 163 cm³/mol. The predicted octanol–water partition coefficient (Wildman–Crippen LogP) is 4.24. The van der Waals surface area contributed by atoms with Gasteiger partial charge in [-0.05, 0) is 66.4 Å². The fourth-order valence-corrected chi connectivity index (χ4v) is 6.94. The smallest absolute Gasteiger partial charge is 0.265 e. The Morgan fingerprint density at radius 1 is 0.930 bits per heavy atom. The molecule has 4 aromatic rings. The Morgan fingerprint density at radius 3 is 2.44 bits per heavy atom. The number of rotatable bonds is 8. The average molecular weight is 598 g/mol. The van der Waals surface area contributed by atoms with Crippen LogP contribution >= 0.6 is 0 Å². The van der Waals surface area contributed by atoms with Crippen LogP contribution in [0.15, 0.2) is 102 Å². The van der Waals surface area contributed by atoms with E-state index < -0.39 is 16.1 Å². The van der Waals surface area contributed by atoms with Crippen molar-refractivity contribution in [1.82, 2.24) is 5.32 Å². The van der Waals surface area contributed by atoms with Gasteiger partial charge in [-0.25, -0.2) is 8.42 Å². The number of carbonyl (C=O) groups excluding carboxylic acids is 2. The number of nitrogens with zero attached hydrogens (tertiary/aromatic N) is 2. The molecule has 4 aromatic carbocycles. The summed E-state index contributed by atoms with van der Waals surface area (Å²) in [5, 5.41) is 2.88. The number of hydrogen-bond donors (Lipinski definition) is 1. The monoisotopic (exact) mass is 597 g/mol. The van der Waals surface area contributed by atoms with Crippen molar-refractivity contribution in [3.8, 4) is 11.5 Å². The highest BCUT2D eigenvalue weighted by molar-refractivity contribution is 7.92. The van der Waals surface area contributed by atoms with Crippen LogP contribution in [-0.4, -0.2) is 46.0 Å². The van der Waals surface area contributed by atoms with Crippen LogP contribution < -0.4 is 24.0 Å². The Hall–Kier alpha value is -4.83. The van der Waals surface area contributed by atoms with E-state index in [2.05, 4.69) is 5.32 Å². The Morgan fingerprint density at radius 2 is 1.65 bits per heavy atom. The molecule has 0 bridgehead atoms. The van der Waals surface area contributed by atoms with Gasteiger partial charge in [0.05, 0.1) is 22.8 Å². The average Bonchev–Trinajstić information content (AvgIpc) is 3.48. The Labute approximate surface area is 250 Å². The summed E-state index contributed by atoms with van der Waals surface area (Å²) >= 11 is 0. The number of amides is 2. The summed E-state index contributed by atoms with van der Waals surface area (Å²) in [6, 6.07) is 28.7. The number of carbonyl (C=O) groups is 2. The molecule has 43 heavy (non-hydrogen) atoms. The SMILES string of the molecule is Cc1cc(S(=O)(=O)N2CCc3ccccc32)ccc1OCC(=O)N1C[C@H](C(=O)NCc2ccccc2)Oc2ccccc21. The van der Waals surface area contributed by atoms with Gasteiger partial charge in [-0.3, -0.25) is 13.9 Å². The molecule has 6 rings (SSSR count). The third-order valence-electron chi connectivity index (χ3n) is 7.61. The molecule has 0 radical (unpaired) electrons. The van der Waals surface area contributed by atoms with Crippen LogP contribution in [0.5, 0.6) is 11.5 Å². The largest absolute Gasteiger partial charge is 0.483 e. The molecule has 0 saturated carbocycles. The van der Waals surface area contributed by atoms with E-state index in [0.717, 1.165) is 11.1 Å². The van der Waals surface area contributed by atoms with Gasteiger partial charge in [0.15, 0.2) is 12.7 Å². The van der Waals surface area contributed by atoms with Crippen LogP contribution in [0.1, 0.15) is 16.7 Å². The van der Waals surface area contributed by atoms with Gasteiger partial charge in [0.1, 0.15) is 11.5 Å². The summed E-state index contributed by atoms with van der Waals surface area (Å²) in [5.74, 6) is 0.135. The van der Waals surface area contributed by atoms with E-state index >= 15 is 0 Å². The van der Waals surface area contributed by atoms with Crippen molar-refractivity contribution in [3.63, 3.8) is 0 Å². The summed E-state index contributed by atoms with van der Waals surface area (Å²) in [6.07, 6.45) is -0.234. The molecule has 0 aliphatic carbocycles. The quantitative estimate of drug-likeness (QED) is 0.326. The van der Waals surface area contributed by atoms with E-state index in [-0.39, 0.29) is 29.9 Å². The fraction of sp³-hybridized carbons (Fsp3) is 0.212. The van der Waals surface area contributed by atoms with Crippen molar-refractivity contribution in [3.05, 3.63) is 114 Å². The standard InChI is InChI=1S/C33H31N3O6S/c1-23-19-26(43(39,40)36-18-17-25-11-5-6-12-27(25)36)15-16-29(23)41-22-32(37)35-21-31(42-30-14-8-7-13-28(30)35)33(38)34-20-24-9-3-2-4-10-24/h2-16,19,31H,17-18,20-22H2,1H3,(H,34,38)/t31-/m1/s1. The molecule has 0 fully saturated rings. The number of para-hydroxylation sites is 3. The molecule has 2 aliphatic heterocycles. The van der Waals surface area contributed by atoms with Crippen LogP contribution in [0, 0.1) is 6.92 Å². The van der Waals surface area contributed by atoms with E-state index in [4.69, 9.17) is 9.47 Å². The number of benzene rings is 4. The molecule has 2 aliphatic rings. The molecule has 0 spiro atoms. The number of nitrogens with one attached hydrogen (secondary N) is 1. The minimum Gasteiger partial charge on any atom is -0.483 e. The third-order valence-corrected chi connectivity index (χ3v) is 9.42. The second kappa shape index (κ2) is 11.8. The number of anilines is 2. The molecule has 220 valence electrons. The van der Waals surface area contributed by atoms with Gasteiger partial charge >= 0.3 is 0 Å². The van der Waals surface area contributed by atoms with Gasteiger partial charge < -0.3 is 19.7 Å². The molecule has 1 N–H and O–H groups in total. The first-order valence-electron chi connectivity index (χ1n) is 14.0. The van der Waals surface area contributed by atoms with Crippen molar-refractivity contribution >= 4 is 33.2 Å². The summed E-state index contributed by atoms with van der Waals surface area (Å²) in [6.45, 7) is 2.19. The molecule has 0 aromatic heterocycles. The van der Waals surface area contributed by atoms with E-state index in [1.54, 1.807) is 43.3 Å². The Bertz CT molecular complexity index is 1780.